The van der Waals surface area contributed by atoms with Gasteiger partial charge in [-0.1, -0.05) is 47.6 Å². The van der Waals surface area contributed by atoms with Gasteiger partial charge in [0.25, 0.3) is 0 Å². The fourth-order valence-electron chi connectivity index (χ4n) is 7.43. The number of hydrogen-bond donors (Lipinski definition) is 0. The Bertz CT molecular complexity index is 1040. The number of carbonyl (C=O) groups excluding carboxylic acids is 4. The van der Waals surface area contributed by atoms with Gasteiger partial charge in [-0.2, -0.15) is 0 Å². The third-order valence-electron chi connectivity index (χ3n) is 9.81. The number of ketones is 1. The lowest BCUT2D eigenvalue weighted by molar-refractivity contribution is -0.192. The third kappa shape index (κ3) is 5.62. The third-order valence-corrected chi connectivity index (χ3v) is 9.81. The van der Waals surface area contributed by atoms with E-state index in [-0.39, 0.29) is 54.7 Å². The minimum Gasteiger partial charge on any atom is -0.461 e. The van der Waals surface area contributed by atoms with Crippen LogP contribution in [0.15, 0.2) is 11.6 Å². The number of fused-ring (bicyclic) bond motifs is 2. The Morgan fingerprint density at radius 1 is 0.975 bits per heavy atom. The number of allylic oxidation sites excluding steroid dienone is 1. The minimum absolute atomic E-state index is 0.0256. The molecule has 0 radical (unpaired) electrons. The van der Waals surface area contributed by atoms with Gasteiger partial charge in [0, 0.05) is 25.7 Å². The summed E-state index contributed by atoms with van der Waals surface area (Å²) in [5.41, 5.74) is -1.90. The van der Waals surface area contributed by atoms with Crippen molar-refractivity contribution in [3.8, 4) is 0 Å². The smallest absolute Gasteiger partial charge is 0.306 e. The van der Waals surface area contributed by atoms with Crippen molar-refractivity contribution in [2.75, 3.05) is 6.61 Å². The number of epoxide rings is 1. The second kappa shape index (κ2) is 11.6. The number of carbonyl (C=O) groups is 4. The molecule has 4 rings (SSSR count). The molecule has 8 atom stereocenters. The molecule has 0 aromatic heterocycles. The maximum Gasteiger partial charge on any atom is 0.306 e. The first kappa shape index (κ1) is 30.7. The van der Waals surface area contributed by atoms with Gasteiger partial charge in [0.1, 0.15) is 17.8 Å². The van der Waals surface area contributed by atoms with Crippen LogP contribution >= 0.6 is 0 Å². The van der Waals surface area contributed by atoms with Gasteiger partial charge in [0.2, 0.25) is 5.78 Å². The maximum atomic E-state index is 14.6. The van der Waals surface area contributed by atoms with E-state index >= 15 is 0 Å². The van der Waals surface area contributed by atoms with E-state index in [0.29, 0.717) is 43.8 Å². The van der Waals surface area contributed by atoms with Crippen molar-refractivity contribution in [3.63, 3.8) is 0 Å². The van der Waals surface area contributed by atoms with E-state index in [9.17, 15) is 19.2 Å². The van der Waals surface area contributed by atoms with E-state index in [1.807, 2.05) is 33.8 Å². The van der Waals surface area contributed by atoms with Crippen LogP contribution in [0.5, 0.6) is 0 Å². The average molecular weight is 561 g/mol. The molecule has 2 saturated carbocycles. The highest BCUT2D eigenvalue weighted by Crippen LogP contribution is 2.64. The molecule has 3 aliphatic carbocycles. The quantitative estimate of drug-likeness (QED) is 0.207. The van der Waals surface area contributed by atoms with E-state index in [0.717, 1.165) is 6.42 Å². The summed E-state index contributed by atoms with van der Waals surface area (Å²) in [5.74, 6) is -2.17. The molecule has 3 fully saturated rings. The lowest BCUT2D eigenvalue weighted by atomic mass is 9.74. The predicted octanol–water partition coefficient (Wildman–Crippen LogP) is 5.50. The number of ether oxygens (including phenoxy) is 4. The molecule has 0 aromatic rings. The maximum absolute atomic E-state index is 14.6. The molecule has 8 nitrogen and oxygen atoms in total. The van der Waals surface area contributed by atoms with E-state index in [1.165, 1.54) is 0 Å². The Morgan fingerprint density at radius 2 is 1.55 bits per heavy atom. The Morgan fingerprint density at radius 3 is 2.12 bits per heavy atom. The van der Waals surface area contributed by atoms with Crippen molar-refractivity contribution in [3.05, 3.63) is 11.6 Å². The van der Waals surface area contributed by atoms with Crippen LogP contribution in [-0.4, -0.2) is 53.7 Å². The van der Waals surface area contributed by atoms with Crippen LogP contribution in [0.2, 0.25) is 0 Å². The van der Waals surface area contributed by atoms with Crippen LogP contribution in [-0.2, 0) is 38.1 Å². The molecule has 1 aliphatic heterocycles. The zero-order valence-electron chi connectivity index (χ0n) is 25.4. The van der Waals surface area contributed by atoms with Gasteiger partial charge in [-0.05, 0) is 67.8 Å². The number of hydrogen-bond acceptors (Lipinski definition) is 8. The van der Waals surface area contributed by atoms with Crippen LogP contribution < -0.4 is 0 Å². The topological polar surface area (TPSA) is 108 Å². The molecule has 0 bridgehead atoms. The molecule has 1 spiro atoms. The summed E-state index contributed by atoms with van der Waals surface area (Å²) in [7, 11) is 0. The molecule has 0 aromatic carbocycles. The first-order valence-corrected chi connectivity index (χ1v) is 15.3. The van der Waals surface area contributed by atoms with E-state index < -0.39 is 41.3 Å². The molecular weight excluding hydrogens is 512 g/mol. The van der Waals surface area contributed by atoms with Gasteiger partial charge in [-0.3, -0.25) is 19.2 Å². The summed E-state index contributed by atoms with van der Waals surface area (Å²) in [6, 6.07) is 0. The first-order chi connectivity index (χ1) is 18.9. The van der Waals surface area contributed by atoms with Crippen molar-refractivity contribution < 1.29 is 38.1 Å². The fourth-order valence-corrected chi connectivity index (χ4v) is 7.43. The van der Waals surface area contributed by atoms with Crippen molar-refractivity contribution in [2.45, 2.75) is 130 Å². The summed E-state index contributed by atoms with van der Waals surface area (Å²) in [4.78, 5) is 53.8. The first-order valence-electron chi connectivity index (χ1n) is 15.3. The Labute approximate surface area is 238 Å². The molecule has 8 heteroatoms. The molecule has 1 saturated heterocycles. The molecule has 40 heavy (non-hydrogen) atoms. The van der Waals surface area contributed by atoms with Crippen molar-refractivity contribution in [2.24, 2.45) is 29.1 Å². The lowest BCUT2D eigenvalue weighted by Crippen LogP contribution is -2.58. The standard InChI is InChI=1S/C32H48O8/c1-8-11-23(33)38-27-20(5)17-32(40-25(35)13-10-3)26(27)29(39-24(34)12-9-2)31(18-37-31)15-14-21-22(30(21,6)7)16-19(4)28(32)36/h16,20-22,26-27,29H,8-15,17-18H2,1-7H3/b19-16+/t20-,21-,22+,26+,27-,29+,31-,32+/m0/s1. The highest BCUT2D eigenvalue weighted by molar-refractivity contribution is 6.03. The van der Waals surface area contributed by atoms with E-state index in [4.69, 9.17) is 18.9 Å². The van der Waals surface area contributed by atoms with Gasteiger partial charge >= 0.3 is 17.9 Å². The second-order valence-corrected chi connectivity index (χ2v) is 13.2. The van der Waals surface area contributed by atoms with Crippen LogP contribution in [0.3, 0.4) is 0 Å². The lowest BCUT2D eigenvalue weighted by Gasteiger charge is -2.41. The molecule has 0 unspecified atom stereocenters. The Hall–Kier alpha value is -2.22. The molecule has 0 N–H and O–H groups in total. The molecule has 224 valence electrons. The highest BCUT2D eigenvalue weighted by atomic mass is 16.6. The normalized spacial score (nSPS) is 39.2. The molecule has 1 heterocycles. The Balaban J connectivity index is 1.90. The molecule has 0 amide bonds. The molecule has 4 aliphatic rings. The predicted molar refractivity (Wildman–Crippen MR) is 148 cm³/mol. The highest BCUT2D eigenvalue weighted by Gasteiger charge is 2.71. The summed E-state index contributed by atoms with van der Waals surface area (Å²) in [6.07, 6.45) is 4.40. The zero-order valence-corrected chi connectivity index (χ0v) is 25.4. The van der Waals surface area contributed by atoms with Gasteiger partial charge in [0.05, 0.1) is 12.5 Å². The SMILES string of the molecule is CCCC(=O)O[C@@H]1[C@@H]2[C@@H](OC(=O)CCC)[C@]3(CC[C@H]4[C@@H](/C=C(\C)C(=O)[C@@]2(OC(=O)CCC)C[C@@H]1C)C4(C)C)CO3. The van der Waals surface area contributed by atoms with Gasteiger partial charge < -0.3 is 18.9 Å². The summed E-state index contributed by atoms with van der Waals surface area (Å²) in [5, 5.41) is 0. The number of rotatable bonds is 9. The Kier molecular flexibility index (Phi) is 8.89. The number of Topliss-reactive ketones (excluding diaryl/α,β-unsaturated/α-hetero) is 1. The average Bonchev–Trinajstić information content (AvgIpc) is 3.73. The summed E-state index contributed by atoms with van der Waals surface area (Å²) >= 11 is 0. The van der Waals surface area contributed by atoms with Crippen LogP contribution in [0, 0.1) is 29.1 Å². The number of esters is 3. The van der Waals surface area contributed by atoms with Gasteiger partial charge in [-0.15, -0.1) is 0 Å². The van der Waals surface area contributed by atoms with Crippen molar-refractivity contribution >= 4 is 23.7 Å². The monoisotopic (exact) mass is 560 g/mol. The minimum atomic E-state index is -1.64. The zero-order chi connectivity index (χ0) is 29.5. The van der Waals surface area contributed by atoms with Gasteiger partial charge in [-0.25, -0.2) is 0 Å². The van der Waals surface area contributed by atoms with Gasteiger partial charge in [0.15, 0.2) is 5.60 Å². The summed E-state index contributed by atoms with van der Waals surface area (Å²) < 4.78 is 24.8. The van der Waals surface area contributed by atoms with Crippen LogP contribution in [0.25, 0.3) is 0 Å². The van der Waals surface area contributed by atoms with Crippen molar-refractivity contribution in [1.82, 2.24) is 0 Å². The van der Waals surface area contributed by atoms with Crippen LogP contribution in [0.4, 0.5) is 0 Å². The van der Waals surface area contributed by atoms with E-state index in [2.05, 4.69) is 13.8 Å². The largest absolute Gasteiger partial charge is 0.461 e. The fraction of sp³-hybridized carbons (Fsp3) is 0.812. The molecular formula is C32H48O8. The van der Waals surface area contributed by atoms with E-state index in [1.54, 1.807) is 6.92 Å². The summed E-state index contributed by atoms with van der Waals surface area (Å²) in [6.45, 7) is 14.2. The van der Waals surface area contributed by atoms with Crippen molar-refractivity contribution in [1.29, 1.82) is 0 Å². The van der Waals surface area contributed by atoms with Crippen LogP contribution in [0.1, 0.15) is 106 Å². The second-order valence-electron chi connectivity index (χ2n) is 13.2.